The summed E-state index contributed by atoms with van der Waals surface area (Å²) < 4.78 is 5.14. The second-order valence-electron chi connectivity index (χ2n) is 5.19. The van der Waals surface area contributed by atoms with Crippen molar-refractivity contribution in [3.05, 3.63) is 36.0 Å². The van der Waals surface area contributed by atoms with Gasteiger partial charge in [0.1, 0.15) is 5.75 Å². The van der Waals surface area contributed by atoms with Gasteiger partial charge in [-0.3, -0.25) is 9.89 Å². The summed E-state index contributed by atoms with van der Waals surface area (Å²) in [5.74, 6) is 0.749. The van der Waals surface area contributed by atoms with E-state index in [0.717, 1.165) is 23.4 Å². The minimum atomic E-state index is -0.0254. The summed E-state index contributed by atoms with van der Waals surface area (Å²) in [6, 6.07) is 7.59. The standard InChI is InChI=1S/C15H18N4O2.ClH/c1-21-12-4-2-10(3-5-12)14-13(8-17-18-14)15(20)19-7-6-11(16)9-19;/h2-5,8,11H,6-7,9,16H2,1H3,(H,17,18);1H/t11-;/m1./s1. The Morgan fingerprint density at radius 3 is 2.73 bits per heavy atom. The van der Waals surface area contributed by atoms with E-state index in [0.29, 0.717) is 18.7 Å². The third-order valence-electron chi connectivity index (χ3n) is 3.76. The van der Waals surface area contributed by atoms with E-state index < -0.39 is 0 Å². The number of nitrogens with one attached hydrogen (secondary N) is 1. The molecule has 22 heavy (non-hydrogen) atoms. The Hall–Kier alpha value is -2.05. The normalized spacial score (nSPS) is 17.2. The fraction of sp³-hybridized carbons (Fsp3) is 0.333. The summed E-state index contributed by atoms with van der Waals surface area (Å²) in [7, 11) is 1.62. The molecule has 1 aliphatic rings. The minimum Gasteiger partial charge on any atom is -0.497 e. The number of nitrogens with two attached hydrogens (primary N) is 1. The van der Waals surface area contributed by atoms with Crippen molar-refractivity contribution in [1.82, 2.24) is 15.1 Å². The summed E-state index contributed by atoms with van der Waals surface area (Å²) in [5, 5.41) is 6.92. The van der Waals surface area contributed by atoms with Gasteiger partial charge in [0, 0.05) is 24.7 Å². The molecule has 0 bridgehead atoms. The van der Waals surface area contributed by atoms with Gasteiger partial charge < -0.3 is 15.4 Å². The van der Waals surface area contributed by atoms with Crippen LogP contribution in [0.25, 0.3) is 11.3 Å². The Morgan fingerprint density at radius 1 is 1.41 bits per heavy atom. The Kier molecular flexibility index (Phi) is 5.05. The van der Waals surface area contributed by atoms with Gasteiger partial charge in [-0.15, -0.1) is 12.4 Å². The van der Waals surface area contributed by atoms with Crippen molar-refractivity contribution in [2.24, 2.45) is 5.73 Å². The third kappa shape index (κ3) is 3.08. The second-order valence-corrected chi connectivity index (χ2v) is 5.19. The number of hydrogen-bond acceptors (Lipinski definition) is 4. The molecule has 3 N–H and O–H groups in total. The lowest BCUT2D eigenvalue weighted by Crippen LogP contribution is -2.31. The van der Waals surface area contributed by atoms with Gasteiger partial charge >= 0.3 is 0 Å². The summed E-state index contributed by atoms with van der Waals surface area (Å²) in [5.41, 5.74) is 8.07. The lowest BCUT2D eigenvalue weighted by atomic mass is 10.1. The van der Waals surface area contributed by atoms with Crippen LogP contribution in [0.5, 0.6) is 5.75 Å². The molecule has 1 fully saturated rings. The molecule has 7 heteroatoms. The lowest BCUT2D eigenvalue weighted by Gasteiger charge is -2.15. The summed E-state index contributed by atoms with van der Waals surface area (Å²) >= 11 is 0. The van der Waals surface area contributed by atoms with E-state index in [1.54, 1.807) is 18.2 Å². The first-order valence-electron chi connectivity index (χ1n) is 6.91. The van der Waals surface area contributed by atoms with Crippen LogP contribution >= 0.6 is 12.4 Å². The van der Waals surface area contributed by atoms with Crippen LogP contribution in [0.2, 0.25) is 0 Å². The van der Waals surface area contributed by atoms with Gasteiger partial charge in [-0.25, -0.2) is 0 Å². The Morgan fingerprint density at radius 2 is 2.14 bits per heavy atom. The van der Waals surface area contributed by atoms with E-state index in [-0.39, 0.29) is 24.4 Å². The van der Waals surface area contributed by atoms with Crippen LogP contribution in [-0.4, -0.2) is 47.2 Å². The molecule has 3 rings (SSSR count). The molecule has 2 aromatic rings. The zero-order valence-corrected chi connectivity index (χ0v) is 13.1. The third-order valence-corrected chi connectivity index (χ3v) is 3.76. The second kappa shape index (κ2) is 6.81. The van der Waals surface area contributed by atoms with E-state index in [1.807, 2.05) is 24.3 Å². The SMILES string of the molecule is COc1ccc(-c2[nH]ncc2C(=O)N2CC[C@@H](N)C2)cc1.Cl. The van der Waals surface area contributed by atoms with Gasteiger partial charge in [-0.1, -0.05) is 0 Å². The highest BCUT2D eigenvalue weighted by Gasteiger charge is 2.27. The molecule has 0 spiro atoms. The topological polar surface area (TPSA) is 84.2 Å². The summed E-state index contributed by atoms with van der Waals surface area (Å²) in [6.07, 6.45) is 2.42. The van der Waals surface area contributed by atoms with Crippen LogP contribution in [0.4, 0.5) is 0 Å². The maximum Gasteiger partial charge on any atom is 0.257 e. The summed E-state index contributed by atoms with van der Waals surface area (Å²) in [6.45, 7) is 1.30. The van der Waals surface area contributed by atoms with Crippen LogP contribution < -0.4 is 10.5 Å². The van der Waals surface area contributed by atoms with Crippen molar-refractivity contribution < 1.29 is 9.53 Å². The number of amides is 1. The fourth-order valence-corrected chi connectivity index (χ4v) is 2.57. The van der Waals surface area contributed by atoms with Gasteiger partial charge in [-0.2, -0.15) is 5.10 Å². The predicted octanol–water partition coefficient (Wildman–Crippen LogP) is 1.68. The number of benzene rings is 1. The lowest BCUT2D eigenvalue weighted by molar-refractivity contribution is 0.0791. The highest BCUT2D eigenvalue weighted by molar-refractivity contribution is 5.99. The first kappa shape index (κ1) is 16.3. The van der Waals surface area contributed by atoms with Crippen molar-refractivity contribution in [3.8, 4) is 17.0 Å². The molecule has 0 radical (unpaired) electrons. The molecule has 1 saturated heterocycles. The zero-order chi connectivity index (χ0) is 14.8. The smallest absolute Gasteiger partial charge is 0.257 e. The Balaban J connectivity index is 0.00000176. The number of aromatic amines is 1. The van der Waals surface area contributed by atoms with E-state index in [2.05, 4.69) is 10.2 Å². The monoisotopic (exact) mass is 322 g/mol. The van der Waals surface area contributed by atoms with Crippen molar-refractivity contribution in [3.63, 3.8) is 0 Å². The van der Waals surface area contributed by atoms with Gasteiger partial charge in [0.2, 0.25) is 0 Å². The molecule has 1 atom stereocenters. The van der Waals surface area contributed by atoms with Gasteiger partial charge in [0.15, 0.2) is 0 Å². The summed E-state index contributed by atoms with van der Waals surface area (Å²) in [4.78, 5) is 14.3. The molecule has 0 saturated carbocycles. The first-order valence-corrected chi connectivity index (χ1v) is 6.91. The molecular formula is C15H19ClN4O2. The highest BCUT2D eigenvalue weighted by atomic mass is 35.5. The van der Waals surface area contributed by atoms with Gasteiger partial charge in [0.25, 0.3) is 5.91 Å². The molecule has 1 aromatic carbocycles. The fourth-order valence-electron chi connectivity index (χ4n) is 2.57. The van der Waals surface area contributed by atoms with Crippen LogP contribution in [0.1, 0.15) is 16.8 Å². The number of H-pyrrole nitrogens is 1. The quantitative estimate of drug-likeness (QED) is 0.900. The number of carbonyl (C=O) groups excluding carboxylic acids is 1. The van der Waals surface area contributed by atoms with E-state index in [9.17, 15) is 4.79 Å². The largest absolute Gasteiger partial charge is 0.497 e. The Labute approximate surface area is 135 Å². The number of carbonyl (C=O) groups is 1. The first-order chi connectivity index (χ1) is 10.2. The Bertz CT molecular complexity index is 641. The average molecular weight is 323 g/mol. The van der Waals surface area contributed by atoms with Crippen LogP contribution in [0.15, 0.2) is 30.5 Å². The molecule has 118 valence electrons. The number of halogens is 1. The molecule has 2 heterocycles. The van der Waals surface area contributed by atoms with E-state index in [1.165, 1.54) is 0 Å². The number of aromatic nitrogens is 2. The average Bonchev–Trinajstić information content (AvgIpc) is 3.15. The highest BCUT2D eigenvalue weighted by Crippen LogP contribution is 2.25. The molecule has 1 aliphatic heterocycles. The molecule has 6 nitrogen and oxygen atoms in total. The number of methoxy groups -OCH3 is 1. The molecule has 0 aliphatic carbocycles. The van der Waals surface area contributed by atoms with Gasteiger partial charge in [0.05, 0.1) is 24.6 Å². The molecule has 1 aromatic heterocycles. The van der Waals surface area contributed by atoms with Crippen molar-refractivity contribution in [1.29, 1.82) is 0 Å². The number of nitrogens with zero attached hydrogens (tertiary/aromatic N) is 2. The van der Waals surface area contributed by atoms with Crippen molar-refractivity contribution in [2.45, 2.75) is 12.5 Å². The molecule has 0 unspecified atom stereocenters. The number of rotatable bonds is 3. The van der Waals surface area contributed by atoms with Crippen LogP contribution in [-0.2, 0) is 0 Å². The molecule has 1 amide bonds. The van der Waals surface area contributed by atoms with E-state index >= 15 is 0 Å². The minimum absolute atomic E-state index is 0. The zero-order valence-electron chi connectivity index (χ0n) is 12.3. The van der Waals surface area contributed by atoms with Crippen molar-refractivity contribution >= 4 is 18.3 Å². The number of hydrogen-bond donors (Lipinski definition) is 2. The predicted molar refractivity (Wildman–Crippen MR) is 86.3 cm³/mol. The van der Waals surface area contributed by atoms with Gasteiger partial charge in [-0.05, 0) is 30.7 Å². The maximum absolute atomic E-state index is 12.6. The van der Waals surface area contributed by atoms with E-state index in [4.69, 9.17) is 10.5 Å². The van der Waals surface area contributed by atoms with Crippen molar-refractivity contribution in [2.75, 3.05) is 20.2 Å². The van der Waals surface area contributed by atoms with Crippen LogP contribution in [0, 0.1) is 0 Å². The van der Waals surface area contributed by atoms with Crippen LogP contribution in [0.3, 0.4) is 0 Å². The number of likely N-dealkylation sites (tertiary alicyclic amines) is 1. The maximum atomic E-state index is 12.6. The molecular weight excluding hydrogens is 304 g/mol. The number of ether oxygens (including phenoxy) is 1.